The molecule has 1 atom stereocenters. The lowest BCUT2D eigenvalue weighted by atomic mass is 10.1. The third-order valence-corrected chi connectivity index (χ3v) is 3.10. The number of methoxy groups -OCH3 is 1. The zero-order valence-corrected chi connectivity index (χ0v) is 12.0. The maximum Gasteiger partial charge on any atom is 0.271 e. The van der Waals surface area contributed by atoms with Gasteiger partial charge in [-0.1, -0.05) is 0 Å². The molecule has 0 aliphatic heterocycles. The van der Waals surface area contributed by atoms with Gasteiger partial charge in [0.1, 0.15) is 5.75 Å². The van der Waals surface area contributed by atoms with Gasteiger partial charge >= 0.3 is 0 Å². The molecule has 0 aliphatic carbocycles. The predicted octanol–water partition coefficient (Wildman–Crippen LogP) is 2.87. The summed E-state index contributed by atoms with van der Waals surface area (Å²) in [6.45, 7) is 3.78. The Kier molecular flexibility index (Phi) is 4.32. The molecule has 0 amide bonds. The maximum absolute atomic E-state index is 10.9. The van der Waals surface area contributed by atoms with Crippen molar-refractivity contribution in [3.8, 4) is 5.75 Å². The molecule has 21 heavy (non-hydrogen) atoms. The van der Waals surface area contributed by atoms with Crippen LogP contribution >= 0.6 is 0 Å². The van der Waals surface area contributed by atoms with Crippen molar-refractivity contribution < 1.29 is 9.66 Å². The van der Waals surface area contributed by atoms with Gasteiger partial charge in [0.05, 0.1) is 35.2 Å². The first kappa shape index (κ1) is 14.7. The van der Waals surface area contributed by atoms with Gasteiger partial charge in [-0.25, -0.2) is 0 Å². The number of ether oxygens (including phenoxy) is 1. The molecule has 0 saturated heterocycles. The summed E-state index contributed by atoms with van der Waals surface area (Å²) in [5.74, 6) is 0.536. The average Bonchev–Trinajstić information content (AvgIpc) is 2.47. The van der Waals surface area contributed by atoms with E-state index >= 15 is 0 Å². The number of hydrogen-bond acceptors (Lipinski definition) is 6. The Morgan fingerprint density at radius 3 is 2.67 bits per heavy atom. The Hall–Kier alpha value is -2.70. The predicted molar refractivity (Wildman–Crippen MR) is 78.5 cm³/mol. The molecule has 0 aliphatic rings. The molecular formula is C14H16N4O3. The molecule has 1 heterocycles. The van der Waals surface area contributed by atoms with E-state index in [1.165, 1.54) is 19.2 Å². The number of nitro groups is 1. The van der Waals surface area contributed by atoms with Gasteiger partial charge in [0, 0.05) is 24.5 Å². The molecule has 1 aromatic carbocycles. The van der Waals surface area contributed by atoms with Crippen molar-refractivity contribution in [3.05, 3.63) is 52.1 Å². The lowest BCUT2D eigenvalue weighted by Crippen LogP contribution is -2.11. The lowest BCUT2D eigenvalue weighted by molar-refractivity contribution is -0.384. The first-order valence-electron chi connectivity index (χ1n) is 6.39. The van der Waals surface area contributed by atoms with Crippen LogP contribution in [-0.2, 0) is 0 Å². The Morgan fingerprint density at radius 1 is 1.33 bits per heavy atom. The van der Waals surface area contributed by atoms with Crippen molar-refractivity contribution in [3.63, 3.8) is 0 Å². The van der Waals surface area contributed by atoms with Gasteiger partial charge in [0.2, 0.25) is 0 Å². The molecule has 0 radical (unpaired) electrons. The fourth-order valence-electron chi connectivity index (χ4n) is 2.07. The molecule has 0 spiro atoms. The smallest absolute Gasteiger partial charge is 0.271 e. The number of anilines is 1. The number of nitro benzene ring substituents is 1. The minimum absolute atomic E-state index is 0.00127. The van der Waals surface area contributed by atoms with Crippen LogP contribution in [0.4, 0.5) is 11.4 Å². The minimum Gasteiger partial charge on any atom is -0.495 e. The van der Waals surface area contributed by atoms with Crippen LogP contribution in [0, 0.1) is 17.0 Å². The second kappa shape index (κ2) is 6.17. The summed E-state index contributed by atoms with van der Waals surface area (Å²) in [5, 5.41) is 14.1. The first-order chi connectivity index (χ1) is 10.0. The molecule has 1 unspecified atom stereocenters. The van der Waals surface area contributed by atoms with Crippen LogP contribution in [0.1, 0.15) is 24.4 Å². The van der Waals surface area contributed by atoms with E-state index in [0.29, 0.717) is 11.4 Å². The molecule has 2 rings (SSSR count). The van der Waals surface area contributed by atoms with E-state index in [1.54, 1.807) is 18.5 Å². The number of rotatable bonds is 5. The number of non-ortho nitro benzene ring substituents is 1. The SMILES string of the molecule is COc1ccc([N+](=O)[O-])cc1NC(C)c1nccnc1C. The fourth-order valence-corrected chi connectivity index (χ4v) is 2.07. The Balaban J connectivity index is 2.31. The van der Waals surface area contributed by atoms with Gasteiger partial charge < -0.3 is 10.1 Å². The summed E-state index contributed by atoms with van der Waals surface area (Å²) < 4.78 is 5.23. The largest absolute Gasteiger partial charge is 0.495 e. The van der Waals surface area contributed by atoms with E-state index in [1.807, 2.05) is 13.8 Å². The average molecular weight is 288 g/mol. The standard InChI is InChI=1S/C14H16N4O3/c1-9-14(16-7-6-15-9)10(2)17-12-8-11(18(19)20)4-5-13(12)21-3/h4-8,10,17H,1-3H3. The van der Waals surface area contributed by atoms with Crippen molar-refractivity contribution in [2.24, 2.45) is 0 Å². The Bertz CT molecular complexity index is 660. The Labute approximate surface area is 122 Å². The summed E-state index contributed by atoms with van der Waals surface area (Å²) >= 11 is 0. The topological polar surface area (TPSA) is 90.2 Å². The van der Waals surface area contributed by atoms with E-state index < -0.39 is 4.92 Å². The molecule has 2 aromatic rings. The molecular weight excluding hydrogens is 272 g/mol. The zero-order valence-electron chi connectivity index (χ0n) is 12.0. The third-order valence-electron chi connectivity index (χ3n) is 3.10. The summed E-state index contributed by atoms with van der Waals surface area (Å²) in [5.41, 5.74) is 2.14. The molecule has 110 valence electrons. The maximum atomic E-state index is 10.9. The van der Waals surface area contributed by atoms with Gasteiger partial charge in [-0.2, -0.15) is 0 Å². The fraction of sp³-hybridized carbons (Fsp3) is 0.286. The highest BCUT2D eigenvalue weighted by atomic mass is 16.6. The quantitative estimate of drug-likeness (QED) is 0.672. The number of nitrogens with one attached hydrogen (secondary N) is 1. The lowest BCUT2D eigenvalue weighted by Gasteiger charge is -2.18. The van der Waals surface area contributed by atoms with Crippen molar-refractivity contribution in [1.29, 1.82) is 0 Å². The van der Waals surface area contributed by atoms with E-state index in [9.17, 15) is 10.1 Å². The van der Waals surface area contributed by atoms with Crippen LogP contribution in [0.3, 0.4) is 0 Å². The Morgan fingerprint density at radius 2 is 2.05 bits per heavy atom. The van der Waals surface area contributed by atoms with Crippen molar-refractivity contribution in [2.75, 3.05) is 12.4 Å². The van der Waals surface area contributed by atoms with Gasteiger partial charge in [-0.05, 0) is 19.9 Å². The van der Waals surface area contributed by atoms with Crippen LogP contribution in [0.2, 0.25) is 0 Å². The number of benzene rings is 1. The number of nitrogens with zero attached hydrogens (tertiary/aromatic N) is 3. The normalized spacial score (nSPS) is 11.8. The molecule has 1 aromatic heterocycles. The minimum atomic E-state index is -0.442. The van der Waals surface area contributed by atoms with Crippen LogP contribution in [0.25, 0.3) is 0 Å². The summed E-state index contributed by atoms with van der Waals surface area (Å²) in [4.78, 5) is 18.9. The number of hydrogen-bond donors (Lipinski definition) is 1. The second-order valence-electron chi connectivity index (χ2n) is 4.53. The van der Waals surface area contributed by atoms with Crippen molar-refractivity contribution in [1.82, 2.24) is 9.97 Å². The molecule has 0 saturated carbocycles. The van der Waals surface area contributed by atoms with Crippen LogP contribution in [0.5, 0.6) is 5.75 Å². The summed E-state index contributed by atoms with van der Waals surface area (Å²) in [6.07, 6.45) is 3.24. The van der Waals surface area contributed by atoms with Crippen molar-refractivity contribution in [2.45, 2.75) is 19.9 Å². The third kappa shape index (κ3) is 3.25. The van der Waals surface area contributed by atoms with E-state index in [-0.39, 0.29) is 11.7 Å². The molecule has 7 nitrogen and oxygen atoms in total. The number of aromatic nitrogens is 2. The van der Waals surface area contributed by atoms with Crippen LogP contribution in [0.15, 0.2) is 30.6 Å². The zero-order chi connectivity index (χ0) is 15.4. The summed E-state index contributed by atoms with van der Waals surface area (Å²) in [6, 6.07) is 4.26. The van der Waals surface area contributed by atoms with Gasteiger partial charge in [-0.3, -0.25) is 20.1 Å². The van der Waals surface area contributed by atoms with E-state index in [2.05, 4.69) is 15.3 Å². The summed E-state index contributed by atoms with van der Waals surface area (Å²) in [7, 11) is 1.52. The van der Waals surface area contributed by atoms with Gasteiger partial charge in [0.25, 0.3) is 5.69 Å². The number of aryl methyl sites for hydroxylation is 1. The van der Waals surface area contributed by atoms with E-state index in [4.69, 9.17) is 4.74 Å². The molecule has 0 bridgehead atoms. The molecule has 7 heteroatoms. The van der Waals surface area contributed by atoms with E-state index in [0.717, 1.165) is 11.4 Å². The second-order valence-corrected chi connectivity index (χ2v) is 4.53. The van der Waals surface area contributed by atoms with Crippen LogP contribution in [-0.4, -0.2) is 22.0 Å². The highest BCUT2D eigenvalue weighted by molar-refractivity contribution is 5.62. The molecule has 1 N–H and O–H groups in total. The van der Waals surface area contributed by atoms with Gasteiger partial charge in [-0.15, -0.1) is 0 Å². The van der Waals surface area contributed by atoms with Crippen LogP contribution < -0.4 is 10.1 Å². The van der Waals surface area contributed by atoms with Crippen molar-refractivity contribution >= 4 is 11.4 Å². The first-order valence-corrected chi connectivity index (χ1v) is 6.39. The highest BCUT2D eigenvalue weighted by Gasteiger charge is 2.16. The monoisotopic (exact) mass is 288 g/mol. The highest BCUT2D eigenvalue weighted by Crippen LogP contribution is 2.31. The van der Waals surface area contributed by atoms with Gasteiger partial charge in [0.15, 0.2) is 0 Å². The molecule has 0 fully saturated rings.